The molecule has 0 amide bonds. The van der Waals surface area contributed by atoms with Crippen LogP contribution in [-0.4, -0.2) is 55.6 Å². The van der Waals surface area contributed by atoms with Gasteiger partial charge in [0.1, 0.15) is 0 Å². The van der Waals surface area contributed by atoms with Crippen LogP contribution in [0, 0.1) is 0 Å². The number of hydrogen-bond donors (Lipinski definition) is 1. The van der Waals surface area contributed by atoms with Crippen molar-refractivity contribution in [2.45, 2.75) is 51.1 Å². The smallest absolute Gasteiger partial charge is 0.0221 e. The van der Waals surface area contributed by atoms with E-state index in [2.05, 4.69) is 30.8 Å². The van der Waals surface area contributed by atoms with Crippen LogP contribution in [0.3, 0.4) is 0 Å². The van der Waals surface area contributed by atoms with Crippen molar-refractivity contribution in [3.8, 4) is 0 Å². The molecular formula is C13H29N3. The van der Waals surface area contributed by atoms with Gasteiger partial charge in [-0.2, -0.15) is 0 Å². The Morgan fingerprint density at radius 2 is 2.25 bits per heavy atom. The standard InChI is InChI=1S/C13H29N3/c1-4-5-7-12(14)10-16(3)13-8-6-9-15(2)11-13/h12-13H,4-11,14H2,1-3H3. The Labute approximate surface area is 101 Å². The third-order valence-electron chi connectivity index (χ3n) is 3.67. The van der Waals surface area contributed by atoms with Crippen LogP contribution in [-0.2, 0) is 0 Å². The lowest BCUT2D eigenvalue weighted by molar-refractivity contribution is 0.128. The van der Waals surface area contributed by atoms with Crippen molar-refractivity contribution in [1.29, 1.82) is 0 Å². The molecule has 0 radical (unpaired) electrons. The summed E-state index contributed by atoms with van der Waals surface area (Å²) in [4.78, 5) is 4.90. The predicted molar refractivity (Wildman–Crippen MR) is 70.6 cm³/mol. The molecule has 1 saturated heterocycles. The van der Waals surface area contributed by atoms with Crippen LogP contribution >= 0.6 is 0 Å². The average Bonchev–Trinajstić information content (AvgIpc) is 2.26. The molecule has 96 valence electrons. The van der Waals surface area contributed by atoms with Gasteiger partial charge in [0.05, 0.1) is 0 Å². The van der Waals surface area contributed by atoms with E-state index >= 15 is 0 Å². The van der Waals surface area contributed by atoms with Crippen LogP contribution in [0.2, 0.25) is 0 Å². The summed E-state index contributed by atoms with van der Waals surface area (Å²) >= 11 is 0. The van der Waals surface area contributed by atoms with Crippen molar-refractivity contribution < 1.29 is 0 Å². The van der Waals surface area contributed by atoms with Gasteiger partial charge in [0, 0.05) is 25.2 Å². The molecule has 0 aromatic carbocycles. The molecule has 0 aliphatic carbocycles. The van der Waals surface area contributed by atoms with Crippen LogP contribution in [0.15, 0.2) is 0 Å². The zero-order valence-electron chi connectivity index (χ0n) is 11.3. The molecule has 2 unspecified atom stereocenters. The summed E-state index contributed by atoms with van der Waals surface area (Å²) in [6.07, 6.45) is 6.35. The van der Waals surface area contributed by atoms with Gasteiger partial charge in [-0.3, -0.25) is 0 Å². The SMILES string of the molecule is CCCCC(N)CN(C)C1CCCN(C)C1. The minimum Gasteiger partial charge on any atom is -0.327 e. The van der Waals surface area contributed by atoms with Crippen molar-refractivity contribution in [1.82, 2.24) is 9.80 Å². The molecule has 1 heterocycles. The van der Waals surface area contributed by atoms with Crippen molar-refractivity contribution in [3.05, 3.63) is 0 Å². The monoisotopic (exact) mass is 227 g/mol. The van der Waals surface area contributed by atoms with Gasteiger partial charge in [-0.15, -0.1) is 0 Å². The second-order valence-corrected chi connectivity index (χ2v) is 5.40. The Hall–Kier alpha value is -0.120. The third kappa shape index (κ3) is 4.81. The third-order valence-corrected chi connectivity index (χ3v) is 3.67. The Balaban J connectivity index is 2.24. The van der Waals surface area contributed by atoms with E-state index < -0.39 is 0 Å². The van der Waals surface area contributed by atoms with Crippen LogP contribution < -0.4 is 5.73 Å². The highest BCUT2D eigenvalue weighted by molar-refractivity contribution is 4.79. The summed E-state index contributed by atoms with van der Waals surface area (Å²) in [5.41, 5.74) is 6.15. The summed E-state index contributed by atoms with van der Waals surface area (Å²) < 4.78 is 0. The van der Waals surface area contributed by atoms with Crippen LogP contribution in [0.25, 0.3) is 0 Å². The number of rotatable bonds is 6. The minimum atomic E-state index is 0.359. The molecule has 1 aliphatic heterocycles. The maximum Gasteiger partial charge on any atom is 0.0221 e. The molecule has 0 saturated carbocycles. The second-order valence-electron chi connectivity index (χ2n) is 5.40. The van der Waals surface area contributed by atoms with Gasteiger partial charge in [0.2, 0.25) is 0 Å². The summed E-state index contributed by atoms with van der Waals surface area (Å²) in [7, 11) is 4.45. The number of unbranched alkanes of at least 4 members (excludes halogenated alkanes) is 1. The number of hydrogen-bond acceptors (Lipinski definition) is 3. The largest absolute Gasteiger partial charge is 0.327 e. The fourth-order valence-electron chi connectivity index (χ4n) is 2.58. The fourth-order valence-corrected chi connectivity index (χ4v) is 2.58. The van der Waals surface area contributed by atoms with E-state index in [-0.39, 0.29) is 0 Å². The summed E-state index contributed by atoms with van der Waals surface area (Å²) in [6, 6.07) is 1.07. The van der Waals surface area contributed by atoms with Crippen molar-refractivity contribution in [2.24, 2.45) is 5.73 Å². The maximum absolute atomic E-state index is 6.15. The summed E-state index contributed by atoms with van der Waals surface area (Å²) in [5, 5.41) is 0. The molecule has 16 heavy (non-hydrogen) atoms. The number of nitrogens with zero attached hydrogens (tertiary/aromatic N) is 2. The lowest BCUT2D eigenvalue weighted by Gasteiger charge is -2.36. The van der Waals surface area contributed by atoms with E-state index in [4.69, 9.17) is 5.73 Å². The molecule has 1 rings (SSSR count). The molecule has 0 spiro atoms. The quantitative estimate of drug-likeness (QED) is 0.747. The molecule has 2 atom stereocenters. The first-order chi connectivity index (χ1) is 7.63. The average molecular weight is 227 g/mol. The Morgan fingerprint density at radius 1 is 1.50 bits per heavy atom. The molecule has 3 nitrogen and oxygen atoms in total. The van der Waals surface area contributed by atoms with E-state index in [1.165, 1.54) is 45.2 Å². The first-order valence-corrected chi connectivity index (χ1v) is 6.77. The predicted octanol–water partition coefficient (Wildman–Crippen LogP) is 1.53. The first kappa shape index (κ1) is 13.9. The Bertz CT molecular complexity index is 184. The van der Waals surface area contributed by atoms with Gasteiger partial charge in [-0.25, -0.2) is 0 Å². The lowest BCUT2D eigenvalue weighted by atomic mass is 10.0. The maximum atomic E-state index is 6.15. The number of likely N-dealkylation sites (tertiary alicyclic amines) is 1. The highest BCUT2D eigenvalue weighted by Gasteiger charge is 2.21. The summed E-state index contributed by atoms with van der Waals surface area (Å²) in [6.45, 7) is 5.74. The molecule has 0 aromatic heterocycles. The highest BCUT2D eigenvalue weighted by Crippen LogP contribution is 2.14. The second kappa shape index (κ2) is 7.25. The molecule has 3 heteroatoms. The molecule has 0 aromatic rings. The van der Waals surface area contributed by atoms with E-state index in [0.717, 1.165) is 6.54 Å². The first-order valence-electron chi connectivity index (χ1n) is 6.77. The topological polar surface area (TPSA) is 32.5 Å². The molecular weight excluding hydrogens is 198 g/mol. The van der Waals surface area contributed by atoms with Gasteiger partial charge in [-0.05, 0) is 39.9 Å². The zero-order valence-corrected chi connectivity index (χ0v) is 11.3. The molecule has 2 N–H and O–H groups in total. The highest BCUT2D eigenvalue weighted by atomic mass is 15.2. The number of piperidine rings is 1. The van der Waals surface area contributed by atoms with Gasteiger partial charge in [-0.1, -0.05) is 19.8 Å². The number of nitrogens with two attached hydrogens (primary N) is 1. The number of likely N-dealkylation sites (N-methyl/N-ethyl adjacent to an activating group) is 2. The van der Waals surface area contributed by atoms with Crippen molar-refractivity contribution in [3.63, 3.8) is 0 Å². The van der Waals surface area contributed by atoms with E-state index in [1.54, 1.807) is 0 Å². The van der Waals surface area contributed by atoms with E-state index in [9.17, 15) is 0 Å². The zero-order chi connectivity index (χ0) is 12.0. The fraction of sp³-hybridized carbons (Fsp3) is 1.00. The van der Waals surface area contributed by atoms with Crippen molar-refractivity contribution >= 4 is 0 Å². The molecule has 0 bridgehead atoms. The van der Waals surface area contributed by atoms with Gasteiger partial charge >= 0.3 is 0 Å². The normalized spacial score (nSPS) is 24.9. The van der Waals surface area contributed by atoms with E-state index in [1.807, 2.05) is 0 Å². The minimum absolute atomic E-state index is 0.359. The van der Waals surface area contributed by atoms with Gasteiger partial charge in [0.25, 0.3) is 0 Å². The van der Waals surface area contributed by atoms with Gasteiger partial charge < -0.3 is 15.5 Å². The van der Waals surface area contributed by atoms with Crippen LogP contribution in [0.5, 0.6) is 0 Å². The molecule has 1 aliphatic rings. The summed E-state index contributed by atoms with van der Waals surface area (Å²) in [5.74, 6) is 0. The van der Waals surface area contributed by atoms with Gasteiger partial charge in [0.15, 0.2) is 0 Å². The van der Waals surface area contributed by atoms with Crippen LogP contribution in [0.1, 0.15) is 39.0 Å². The molecule has 1 fully saturated rings. The van der Waals surface area contributed by atoms with Crippen LogP contribution in [0.4, 0.5) is 0 Å². The Morgan fingerprint density at radius 3 is 2.88 bits per heavy atom. The van der Waals surface area contributed by atoms with E-state index in [0.29, 0.717) is 12.1 Å². The van der Waals surface area contributed by atoms with Crippen molar-refractivity contribution in [2.75, 3.05) is 33.7 Å². The Kier molecular flexibility index (Phi) is 6.32. The lowest BCUT2D eigenvalue weighted by Crippen LogP contribution is -2.48.